The minimum absolute atomic E-state index is 0.00176. The summed E-state index contributed by atoms with van der Waals surface area (Å²) in [5.41, 5.74) is 1.57. The standard InChI is InChI=1S/C6H6IO/c8-6-2-4-1-5(4)3-7-6/h1-2,4,8H,3H2/q-1. The van der Waals surface area contributed by atoms with Crippen molar-refractivity contribution in [3.05, 3.63) is 21.5 Å². The van der Waals surface area contributed by atoms with E-state index in [1.165, 1.54) is 4.43 Å². The van der Waals surface area contributed by atoms with Crippen molar-refractivity contribution >= 4 is 0 Å². The number of allylic oxidation sites excluding steroid dienone is 3. The van der Waals surface area contributed by atoms with Crippen LogP contribution >= 0.6 is 0 Å². The second kappa shape index (κ2) is 1.50. The number of halogens is 1. The van der Waals surface area contributed by atoms with Gasteiger partial charge in [-0.2, -0.15) is 0 Å². The molecule has 1 aliphatic carbocycles. The molecule has 2 aliphatic rings. The van der Waals surface area contributed by atoms with Crippen LogP contribution in [0.25, 0.3) is 0 Å². The molecule has 0 saturated heterocycles. The van der Waals surface area contributed by atoms with Crippen LogP contribution in [-0.2, 0) is 0 Å². The molecule has 1 N–H and O–H groups in total. The van der Waals surface area contributed by atoms with Gasteiger partial charge in [0.1, 0.15) is 0 Å². The molecule has 1 heterocycles. The van der Waals surface area contributed by atoms with Crippen LogP contribution in [0.2, 0.25) is 0 Å². The zero-order chi connectivity index (χ0) is 5.56. The van der Waals surface area contributed by atoms with E-state index in [2.05, 4.69) is 6.08 Å². The van der Waals surface area contributed by atoms with Crippen LogP contribution in [0.15, 0.2) is 21.5 Å². The van der Waals surface area contributed by atoms with Crippen molar-refractivity contribution < 1.29 is 26.3 Å². The second-order valence-electron chi connectivity index (χ2n) is 2.02. The minimum atomic E-state index is 0.00176. The van der Waals surface area contributed by atoms with Gasteiger partial charge in [0, 0.05) is 0 Å². The number of hydrogen-bond acceptors (Lipinski definition) is 1. The molecule has 1 atom stereocenters. The summed E-state index contributed by atoms with van der Waals surface area (Å²) >= 11 is 0.00176. The molecule has 1 aliphatic heterocycles. The van der Waals surface area contributed by atoms with Gasteiger partial charge in [-0.15, -0.1) is 0 Å². The van der Waals surface area contributed by atoms with Crippen molar-refractivity contribution in [2.75, 3.05) is 4.43 Å². The predicted octanol–water partition coefficient (Wildman–Crippen LogP) is -1.96. The van der Waals surface area contributed by atoms with Crippen LogP contribution in [0.1, 0.15) is 0 Å². The summed E-state index contributed by atoms with van der Waals surface area (Å²) in [4.78, 5) is 0. The Bertz CT molecular complexity index is 181. The Morgan fingerprint density at radius 2 is 2.50 bits per heavy atom. The van der Waals surface area contributed by atoms with Crippen LogP contribution in [0.5, 0.6) is 0 Å². The van der Waals surface area contributed by atoms with Crippen molar-refractivity contribution in [2.45, 2.75) is 0 Å². The Labute approximate surface area is 58.4 Å². The average Bonchev–Trinajstić information content (AvgIpc) is 2.43. The van der Waals surface area contributed by atoms with E-state index in [0.717, 1.165) is 0 Å². The molecule has 1 nitrogen and oxygen atoms in total. The van der Waals surface area contributed by atoms with Crippen molar-refractivity contribution in [3.8, 4) is 0 Å². The Morgan fingerprint density at radius 1 is 1.62 bits per heavy atom. The van der Waals surface area contributed by atoms with E-state index in [0.29, 0.717) is 9.68 Å². The molecule has 2 rings (SSSR count). The summed E-state index contributed by atoms with van der Waals surface area (Å²) in [6, 6.07) is 0. The maximum atomic E-state index is 8.98. The molecule has 0 spiro atoms. The van der Waals surface area contributed by atoms with Crippen LogP contribution < -0.4 is 21.2 Å². The van der Waals surface area contributed by atoms with E-state index in [1.807, 2.05) is 6.08 Å². The van der Waals surface area contributed by atoms with Gasteiger partial charge in [-0.05, 0) is 0 Å². The zero-order valence-corrected chi connectivity index (χ0v) is 6.42. The fourth-order valence-corrected chi connectivity index (χ4v) is 3.05. The fraction of sp³-hybridized carbons (Fsp3) is 0.333. The molecular formula is C6H6IO-. The summed E-state index contributed by atoms with van der Waals surface area (Å²) < 4.78 is 1.89. The predicted molar refractivity (Wildman–Crippen MR) is 27.2 cm³/mol. The summed E-state index contributed by atoms with van der Waals surface area (Å²) in [6.45, 7) is 0. The molecule has 0 amide bonds. The van der Waals surface area contributed by atoms with E-state index in [1.54, 1.807) is 5.57 Å². The number of aliphatic hydroxyl groups excluding tert-OH is 1. The number of hydrogen-bond donors (Lipinski definition) is 1. The third-order valence-corrected chi connectivity index (χ3v) is 3.79. The Balaban J connectivity index is 2.21. The van der Waals surface area contributed by atoms with Crippen molar-refractivity contribution in [3.63, 3.8) is 0 Å². The third kappa shape index (κ3) is 0.670. The van der Waals surface area contributed by atoms with Gasteiger partial charge in [-0.1, -0.05) is 0 Å². The van der Waals surface area contributed by atoms with E-state index in [-0.39, 0.29) is 21.2 Å². The van der Waals surface area contributed by atoms with E-state index >= 15 is 0 Å². The van der Waals surface area contributed by atoms with E-state index in [9.17, 15) is 0 Å². The van der Waals surface area contributed by atoms with Crippen LogP contribution in [0, 0.1) is 5.92 Å². The van der Waals surface area contributed by atoms with Gasteiger partial charge in [0.25, 0.3) is 0 Å². The van der Waals surface area contributed by atoms with Crippen molar-refractivity contribution in [2.24, 2.45) is 5.92 Å². The maximum absolute atomic E-state index is 8.98. The first-order chi connectivity index (χ1) is 3.86. The van der Waals surface area contributed by atoms with Crippen LogP contribution in [0.4, 0.5) is 0 Å². The molecule has 1 unspecified atom stereocenters. The van der Waals surface area contributed by atoms with Crippen molar-refractivity contribution in [1.29, 1.82) is 0 Å². The fourth-order valence-electron chi connectivity index (χ4n) is 0.810. The number of alkyl halides is 1. The van der Waals surface area contributed by atoms with Gasteiger partial charge >= 0.3 is 58.1 Å². The first-order valence-corrected chi connectivity index (χ1v) is 5.17. The van der Waals surface area contributed by atoms with E-state index < -0.39 is 0 Å². The van der Waals surface area contributed by atoms with Crippen molar-refractivity contribution in [1.82, 2.24) is 0 Å². The molecular weight excluding hydrogens is 215 g/mol. The molecule has 2 heteroatoms. The molecule has 8 heavy (non-hydrogen) atoms. The van der Waals surface area contributed by atoms with Gasteiger partial charge in [-0.25, -0.2) is 0 Å². The topological polar surface area (TPSA) is 20.2 Å². The first kappa shape index (κ1) is 4.85. The Morgan fingerprint density at radius 3 is 3.12 bits per heavy atom. The molecule has 0 fully saturated rings. The summed E-state index contributed by atoms with van der Waals surface area (Å²) in [6.07, 6.45) is 4.20. The number of aliphatic hydroxyl groups is 1. The SMILES string of the molecule is OC1=CC2C=C2C[I-]1. The number of fused-ring (bicyclic) bond motifs is 1. The first-order valence-electron chi connectivity index (χ1n) is 2.57. The molecule has 0 aromatic carbocycles. The molecule has 0 saturated carbocycles. The molecule has 0 radical (unpaired) electrons. The summed E-state index contributed by atoms with van der Waals surface area (Å²) in [5.74, 6) is 0.587. The van der Waals surface area contributed by atoms with Gasteiger partial charge < -0.3 is 0 Å². The quantitative estimate of drug-likeness (QED) is 0.286. The molecule has 0 aromatic heterocycles. The second-order valence-corrected chi connectivity index (χ2v) is 4.65. The molecule has 0 aromatic rings. The van der Waals surface area contributed by atoms with Gasteiger partial charge in [-0.3, -0.25) is 0 Å². The van der Waals surface area contributed by atoms with Gasteiger partial charge in [0.2, 0.25) is 0 Å². The Hall–Kier alpha value is 0.01000. The number of rotatable bonds is 0. The average molecular weight is 221 g/mol. The van der Waals surface area contributed by atoms with E-state index in [4.69, 9.17) is 5.11 Å². The third-order valence-electron chi connectivity index (χ3n) is 1.39. The summed E-state index contributed by atoms with van der Waals surface area (Å²) in [7, 11) is 0. The Kier molecular flexibility index (Phi) is 0.907. The van der Waals surface area contributed by atoms with Crippen LogP contribution in [-0.4, -0.2) is 9.53 Å². The monoisotopic (exact) mass is 221 g/mol. The molecule has 44 valence electrons. The zero-order valence-electron chi connectivity index (χ0n) is 4.26. The van der Waals surface area contributed by atoms with Crippen LogP contribution in [0.3, 0.4) is 0 Å². The van der Waals surface area contributed by atoms with Gasteiger partial charge in [0.05, 0.1) is 0 Å². The molecule has 0 bridgehead atoms. The normalized spacial score (nSPS) is 33.8. The summed E-state index contributed by atoms with van der Waals surface area (Å²) in [5, 5.41) is 8.98. The van der Waals surface area contributed by atoms with Gasteiger partial charge in [0.15, 0.2) is 0 Å².